The van der Waals surface area contributed by atoms with Crippen molar-refractivity contribution in [3.8, 4) is 0 Å². The Balaban J connectivity index is 1.76. The van der Waals surface area contributed by atoms with Crippen LogP contribution < -0.4 is 63.8 Å². The molecule has 3 aromatic rings. The Morgan fingerprint density at radius 3 is 0.757 bits per heavy atom. The molecular formula is C57H81N19O27. The van der Waals surface area contributed by atoms with Crippen LogP contribution in [0.1, 0.15) is 96.3 Å². The third-order valence-electron chi connectivity index (χ3n) is 14.6. The fraction of sp³-hybridized carbons (Fsp3) is 0.526. The van der Waals surface area contributed by atoms with E-state index in [4.69, 9.17) is 15.3 Å². The molecule has 3 unspecified atom stereocenters. The van der Waals surface area contributed by atoms with E-state index in [-0.39, 0.29) is 152 Å². The molecule has 3 aromatic heterocycles. The van der Waals surface area contributed by atoms with Crippen molar-refractivity contribution in [3.63, 3.8) is 0 Å². The zero-order valence-corrected chi connectivity index (χ0v) is 54.9. The number of amides is 6. The van der Waals surface area contributed by atoms with Gasteiger partial charge in [0.25, 0.3) is 0 Å². The third-order valence-corrected chi connectivity index (χ3v) is 14.6. The van der Waals surface area contributed by atoms with Crippen molar-refractivity contribution in [2.24, 2.45) is 0 Å². The van der Waals surface area contributed by atoms with E-state index >= 15 is 0 Å². The quantitative estimate of drug-likeness (QED) is 0.0216. The molecule has 0 saturated carbocycles. The Kier molecular flexibility index (Phi) is 36.6. The highest BCUT2D eigenvalue weighted by Gasteiger charge is 2.29. The second kappa shape index (κ2) is 44.5. The lowest BCUT2D eigenvalue weighted by Gasteiger charge is -2.23. The van der Waals surface area contributed by atoms with Gasteiger partial charge >= 0.3 is 88.9 Å². The van der Waals surface area contributed by atoms with Gasteiger partial charge in [-0.25, -0.2) is 58.1 Å². The normalized spacial score (nSPS) is 12.6. The van der Waals surface area contributed by atoms with E-state index in [1.165, 1.54) is 36.4 Å². The lowest BCUT2D eigenvalue weighted by molar-refractivity contribution is -0.384. The second-order valence-corrected chi connectivity index (χ2v) is 22.3. The number of pyridine rings is 3. The van der Waals surface area contributed by atoms with Crippen LogP contribution >= 0.6 is 0 Å². The van der Waals surface area contributed by atoms with Crippen molar-refractivity contribution >= 4 is 124 Å². The number of hydrogen-bond donors (Lipinski definition) is 21. The number of carbonyl (C=O) groups excluding carboxylic acids is 3. The van der Waals surface area contributed by atoms with E-state index in [2.05, 4.69) is 62.8 Å². The molecule has 6 amide bonds. The molecule has 0 aromatic carbocycles. The summed E-state index contributed by atoms with van der Waals surface area (Å²) in [5, 5.41) is 150. The first kappa shape index (κ1) is 84.7. The average Bonchev–Trinajstić information content (AvgIpc) is 0.857. The largest absolute Gasteiger partial charge is 0.481 e. The van der Waals surface area contributed by atoms with Gasteiger partial charge < -0.3 is 110 Å². The number of nitrogens with one attached hydrogen (secondary N) is 12. The van der Waals surface area contributed by atoms with Gasteiger partial charge in [-0.1, -0.05) is 0 Å². The molecule has 103 heavy (non-hydrogen) atoms. The van der Waals surface area contributed by atoms with Gasteiger partial charge in [0.05, 0.1) is 14.8 Å². The summed E-state index contributed by atoms with van der Waals surface area (Å²) in [6.07, 6.45) is -2.86. The van der Waals surface area contributed by atoms with E-state index in [0.29, 0.717) is 0 Å². The van der Waals surface area contributed by atoms with Gasteiger partial charge in [-0.2, -0.15) is 0 Å². The van der Waals surface area contributed by atoms with Gasteiger partial charge in [0.15, 0.2) is 0 Å². The number of aliphatic carboxylic acids is 9. The van der Waals surface area contributed by atoms with Crippen molar-refractivity contribution in [2.75, 3.05) is 90.8 Å². The number of urea groups is 3. The van der Waals surface area contributed by atoms with Gasteiger partial charge in [0, 0.05) is 96.4 Å². The molecule has 0 bridgehead atoms. The first-order valence-corrected chi connectivity index (χ1v) is 31.6. The van der Waals surface area contributed by atoms with Crippen LogP contribution in [-0.2, 0) is 43.2 Å². The summed E-state index contributed by atoms with van der Waals surface area (Å²) in [7, 11) is 0. The van der Waals surface area contributed by atoms with Gasteiger partial charge in [-0.05, 0) is 95.2 Å². The van der Waals surface area contributed by atoms with E-state index in [9.17, 15) is 119 Å². The second-order valence-electron chi connectivity index (χ2n) is 22.3. The van der Waals surface area contributed by atoms with Crippen LogP contribution in [0, 0.1) is 30.3 Å². The molecule has 3 rings (SSSR count). The Bertz CT molecular complexity index is 3130. The molecule has 46 nitrogen and oxygen atoms in total. The smallest absolute Gasteiger partial charge is 0.326 e. The number of carbonyl (C=O) groups is 12. The molecule has 0 spiro atoms. The molecule has 0 aliphatic carbocycles. The fourth-order valence-corrected chi connectivity index (χ4v) is 9.31. The van der Waals surface area contributed by atoms with Crippen molar-refractivity contribution in [2.45, 2.75) is 133 Å². The highest BCUT2D eigenvalue weighted by molar-refractivity contribution is 5.88. The van der Waals surface area contributed by atoms with Crippen LogP contribution in [-0.4, -0.2) is 248 Å². The number of rotatable bonds is 54. The van der Waals surface area contributed by atoms with E-state index in [1.807, 2.05) is 20.9 Å². The zero-order chi connectivity index (χ0) is 76.7. The summed E-state index contributed by atoms with van der Waals surface area (Å²) in [5.41, 5.74) is -1.29. The fourth-order valence-electron chi connectivity index (χ4n) is 9.31. The number of nitro groups is 3. The molecule has 46 heteroatoms. The van der Waals surface area contributed by atoms with E-state index in [1.54, 1.807) is 0 Å². The van der Waals surface area contributed by atoms with Crippen molar-refractivity contribution < 1.29 is 118 Å². The highest BCUT2D eigenvalue weighted by Crippen LogP contribution is 2.27. The van der Waals surface area contributed by atoms with Crippen molar-refractivity contribution in [1.82, 2.24) is 51.8 Å². The molecule has 3 heterocycles. The number of carboxylic acids is 9. The Morgan fingerprint density at radius 2 is 0.553 bits per heavy atom. The number of unbranched alkanes of at least 4 members (excludes halogenated alkanes) is 3. The SMILES string of the molecule is O=C(O)CCC(NC(=O)N[C@@H](CCCCNc1nc(NCCN(CCNc2ccc([N+](=O)[O-])c(NCCCCC(NC(=O)N[C@@H](CCC(=O)O)C(=O)O)C(=O)O)n2)CCNc2ccc([N+](=O)[O-])c(NCCCC[C@H](NC(=O)NC(CCC(=O)O)C(=O)O)C(=O)O)n2)ccc1[N+](=O)[O-])C(=O)O)C(=O)O. The van der Waals surface area contributed by atoms with Gasteiger partial charge in [0.2, 0.25) is 17.5 Å². The van der Waals surface area contributed by atoms with Crippen molar-refractivity contribution in [3.05, 3.63) is 66.7 Å². The van der Waals surface area contributed by atoms with Gasteiger partial charge in [-0.15, -0.1) is 0 Å². The molecule has 0 saturated heterocycles. The molecule has 0 fully saturated rings. The number of hydrogen-bond acceptors (Lipinski definition) is 28. The zero-order valence-electron chi connectivity index (χ0n) is 54.9. The first-order chi connectivity index (χ1) is 48.7. The maximum Gasteiger partial charge on any atom is 0.326 e. The van der Waals surface area contributed by atoms with Crippen LogP contribution in [0.25, 0.3) is 0 Å². The topological polar surface area (TPSA) is 703 Å². The van der Waals surface area contributed by atoms with Crippen LogP contribution in [0.3, 0.4) is 0 Å². The number of carboxylic acid groups (broad SMARTS) is 9. The molecule has 0 aliphatic heterocycles. The summed E-state index contributed by atoms with van der Waals surface area (Å²) in [6, 6.07) is -5.41. The van der Waals surface area contributed by atoms with Gasteiger partial charge in [0.1, 0.15) is 53.7 Å². The molecular weight excluding hydrogens is 1380 g/mol. The minimum atomic E-state index is -1.63. The maximum absolute atomic E-state index is 12.5. The van der Waals surface area contributed by atoms with Crippen molar-refractivity contribution in [1.29, 1.82) is 0 Å². The van der Waals surface area contributed by atoms with Crippen LogP contribution in [0.2, 0.25) is 0 Å². The first-order valence-electron chi connectivity index (χ1n) is 31.6. The predicted molar refractivity (Wildman–Crippen MR) is 356 cm³/mol. The van der Waals surface area contributed by atoms with Crippen LogP contribution in [0.5, 0.6) is 0 Å². The molecule has 21 N–H and O–H groups in total. The summed E-state index contributed by atoms with van der Waals surface area (Å²) in [6.45, 7) is 1.01. The molecule has 6 atom stereocenters. The Morgan fingerprint density at radius 1 is 0.330 bits per heavy atom. The summed E-state index contributed by atoms with van der Waals surface area (Å²) >= 11 is 0. The Hall–Kier alpha value is -12.5. The lowest BCUT2D eigenvalue weighted by Crippen LogP contribution is -2.51. The summed E-state index contributed by atoms with van der Waals surface area (Å²) in [4.78, 5) is 189. The molecule has 566 valence electrons. The standard InChI is InChI=1S/C57H81N19O27/c77-43(78)19-10-34(52(89)90)67-55(95)64-31(49(83)84)7-1-4-22-61-46-37(74(98)99)13-16-40(70-46)58-25-28-73(29-26-59-41-17-14-38(75(100)101)47(71-41)62-23-5-2-8-32(50(85)86)65-56(96)68-35(53(91)92)11-20-44(79)80)30-27-60-42-18-15-39(76(102)103)48(72-42)63-24-6-3-9-33(51(87)88)66-57(97)69-36(54(93)94)12-21-45(81)82/h13-18,31-36H,1-12,19-30H2,(H,77,78)(H,79,80)(H,81,82)(H,83,84)(H,85,86)(H,87,88)(H,89,90)(H,91,92)(H,93,94)(H2,58,61,70)(H2,59,62,71)(H2,60,63,72)(H2,64,67,95)(H2,65,68,96)(H2,66,69,97)/t31-,32-,33?,34?,35?,36-/m0/s1. The minimum Gasteiger partial charge on any atom is -0.481 e. The maximum atomic E-state index is 12.5. The number of anilines is 6. The lowest BCUT2D eigenvalue weighted by atomic mass is 10.1. The molecule has 0 radical (unpaired) electrons. The van der Waals surface area contributed by atoms with Crippen LogP contribution in [0.15, 0.2) is 36.4 Å². The Labute approximate surface area is 582 Å². The predicted octanol–water partition coefficient (Wildman–Crippen LogP) is 1.49. The number of aromatic nitrogens is 3. The number of nitrogens with zero attached hydrogens (tertiary/aromatic N) is 7. The van der Waals surface area contributed by atoms with E-state index in [0.717, 1.165) is 0 Å². The molecule has 0 aliphatic rings. The van der Waals surface area contributed by atoms with Crippen LogP contribution in [0.4, 0.5) is 66.4 Å². The van der Waals surface area contributed by atoms with Gasteiger partial charge in [-0.3, -0.25) is 49.6 Å². The summed E-state index contributed by atoms with van der Waals surface area (Å²) in [5.74, 6) is -13.1. The van der Waals surface area contributed by atoms with E-state index < -0.39 is 178 Å². The summed E-state index contributed by atoms with van der Waals surface area (Å²) < 4.78 is 0. The average molecular weight is 1460 g/mol. The third kappa shape index (κ3) is 33.2. The highest BCUT2D eigenvalue weighted by atomic mass is 16.6. The minimum absolute atomic E-state index is 0.0105. The monoisotopic (exact) mass is 1460 g/mol.